The number of carbonyl (C=O) groups excluding carboxylic acids is 2. The Balaban J connectivity index is 2.05. The standard InChI is InChI=1S/C22H20FNO3/c1-3-27-21(26)9-8-15-10-17(12-18(23)11-15)22-19-7-5-4-6-16(19)13-20(24-22)14(2)25/h4-7,10-13H,3,8-9H2,1-2H3. The van der Waals surface area contributed by atoms with Gasteiger partial charge in [0.15, 0.2) is 5.78 Å². The lowest BCUT2D eigenvalue weighted by Crippen LogP contribution is -2.05. The highest BCUT2D eigenvalue weighted by molar-refractivity contribution is 6.01. The Labute approximate surface area is 157 Å². The molecule has 5 heteroatoms. The second-order valence-corrected chi connectivity index (χ2v) is 6.29. The zero-order valence-corrected chi connectivity index (χ0v) is 15.3. The number of fused-ring (bicyclic) bond motifs is 1. The van der Waals surface area contributed by atoms with Crippen molar-refractivity contribution in [1.82, 2.24) is 4.98 Å². The van der Waals surface area contributed by atoms with Gasteiger partial charge in [-0.25, -0.2) is 9.37 Å². The summed E-state index contributed by atoms with van der Waals surface area (Å²) in [5, 5.41) is 1.70. The van der Waals surface area contributed by atoms with Crippen molar-refractivity contribution >= 4 is 22.5 Å². The fraction of sp³-hybridized carbons (Fsp3) is 0.227. The van der Waals surface area contributed by atoms with Gasteiger partial charge in [-0.05, 0) is 48.6 Å². The monoisotopic (exact) mass is 365 g/mol. The number of hydrogen-bond acceptors (Lipinski definition) is 4. The first-order valence-electron chi connectivity index (χ1n) is 8.84. The summed E-state index contributed by atoms with van der Waals surface area (Å²) in [7, 11) is 0. The zero-order valence-electron chi connectivity index (χ0n) is 15.3. The third kappa shape index (κ3) is 4.37. The van der Waals surface area contributed by atoms with Crippen LogP contribution in [0.25, 0.3) is 22.0 Å². The number of aryl methyl sites for hydroxylation is 1. The number of nitrogens with zero attached hydrogens (tertiary/aromatic N) is 1. The van der Waals surface area contributed by atoms with Gasteiger partial charge in [-0.15, -0.1) is 0 Å². The molecule has 0 atom stereocenters. The van der Waals surface area contributed by atoms with Crippen LogP contribution in [0.15, 0.2) is 48.5 Å². The fourth-order valence-electron chi connectivity index (χ4n) is 3.01. The Kier molecular flexibility index (Phi) is 5.60. The average molecular weight is 365 g/mol. The molecule has 0 saturated heterocycles. The lowest BCUT2D eigenvalue weighted by Gasteiger charge is -2.10. The van der Waals surface area contributed by atoms with Crippen LogP contribution < -0.4 is 0 Å². The number of benzene rings is 2. The van der Waals surface area contributed by atoms with Gasteiger partial charge in [0.2, 0.25) is 0 Å². The first kappa shape index (κ1) is 18.7. The zero-order chi connectivity index (χ0) is 19.4. The normalized spacial score (nSPS) is 10.8. The Hall–Kier alpha value is -3.08. The number of rotatable bonds is 6. The first-order chi connectivity index (χ1) is 13.0. The minimum Gasteiger partial charge on any atom is -0.466 e. The third-order valence-electron chi connectivity index (χ3n) is 4.26. The molecule has 1 aromatic heterocycles. The summed E-state index contributed by atoms with van der Waals surface area (Å²) >= 11 is 0. The van der Waals surface area contributed by atoms with E-state index in [4.69, 9.17) is 4.74 Å². The lowest BCUT2D eigenvalue weighted by atomic mass is 9.99. The molecule has 2 aromatic carbocycles. The summed E-state index contributed by atoms with van der Waals surface area (Å²) < 4.78 is 19.2. The van der Waals surface area contributed by atoms with Gasteiger partial charge in [0.05, 0.1) is 12.3 Å². The number of pyridine rings is 1. The molecule has 0 bridgehead atoms. The maximum atomic E-state index is 14.2. The van der Waals surface area contributed by atoms with E-state index in [1.165, 1.54) is 19.1 Å². The van der Waals surface area contributed by atoms with Crippen LogP contribution in [-0.2, 0) is 16.0 Å². The number of esters is 1. The Bertz CT molecular complexity index is 1010. The molecular formula is C22H20FNO3. The maximum Gasteiger partial charge on any atom is 0.306 e. The Morgan fingerprint density at radius 2 is 1.89 bits per heavy atom. The van der Waals surface area contributed by atoms with Crippen LogP contribution in [0.3, 0.4) is 0 Å². The van der Waals surface area contributed by atoms with E-state index in [2.05, 4.69) is 4.98 Å². The predicted molar refractivity (Wildman–Crippen MR) is 102 cm³/mol. The highest BCUT2D eigenvalue weighted by Crippen LogP contribution is 2.29. The smallest absolute Gasteiger partial charge is 0.306 e. The number of carbonyl (C=O) groups is 2. The van der Waals surface area contributed by atoms with E-state index >= 15 is 0 Å². The number of aromatic nitrogens is 1. The average Bonchev–Trinajstić information content (AvgIpc) is 2.65. The number of Topliss-reactive ketones (excluding diaryl/α,β-unsaturated/α-hetero) is 1. The van der Waals surface area contributed by atoms with E-state index in [-0.39, 0.29) is 18.2 Å². The van der Waals surface area contributed by atoms with Crippen molar-refractivity contribution < 1.29 is 18.7 Å². The van der Waals surface area contributed by atoms with Crippen LogP contribution in [0.4, 0.5) is 4.39 Å². The Morgan fingerprint density at radius 3 is 2.63 bits per heavy atom. The van der Waals surface area contributed by atoms with Crippen LogP contribution in [0.1, 0.15) is 36.3 Å². The molecule has 0 aliphatic rings. The molecule has 0 radical (unpaired) electrons. The van der Waals surface area contributed by atoms with Crippen molar-refractivity contribution in [3.8, 4) is 11.3 Å². The first-order valence-corrected chi connectivity index (χ1v) is 8.84. The van der Waals surface area contributed by atoms with Gasteiger partial charge < -0.3 is 4.74 Å². The fourth-order valence-corrected chi connectivity index (χ4v) is 3.01. The van der Waals surface area contributed by atoms with Crippen molar-refractivity contribution in [3.05, 3.63) is 65.6 Å². The molecule has 0 aliphatic heterocycles. The van der Waals surface area contributed by atoms with Crippen LogP contribution in [0, 0.1) is 5.82 Å². The quantitative estimate of drug-likeness (QED) is 0.468. The molecule has 3 aromatic rings. The minimum atomic E-state index is -0.412. The van der Waals surface area contributed by atoms with Gasteiger partial charge in [0.25, 0.3) is 0 Å². The largest absolute Gasteiger partial charge is 0.466 e. The molecule has 27 heavy (non-hydrogen) atoms. The van der Waals surface area contributed by atoms with Gasteiger partial charge in [-0.1, -0.05) is 24.3 Å². The maximum absolute atomic E-state index is 14.2. The molecule has 0 saturated carbocycles. The van der Waals surface area contributed by atoms with E-state index in [9.17, 15) is 14.0 Å². The summed E-state index contributed by atoms with van der Waals surface area (Å²) in [6.45, 7) is 3.52. The summed E-state index contributed by atoms with van der Waals surface area (Å²) in [4.78, 5) is 27.9. The molecule has 0 amide bonds. The van der Waals surface area contributed by atoms with Gasteiger partial charge in [0.1, 0.15) is 11.5 Å². The van der Waals surface area contributed by atoms with Gasteiger partial charge in [-0.3, -0.25) is 9.59 Å². The van der Waals surface area contributed by atoms with Crippen molar-refractivity contribution in [2.24, 2.45) is 0 Å². The van der Waals surface area contributed by atoms with Crippen LogP contribution >= 0.6 is 0 Å². The topological polar surface area (TPSA) is 56.3 Å². The summed E-state index contributed by atoms with van der Waals surface area (Å²) in [6.07, 6.45) is 0.548. The van der Waals surface area contributed by atoms with Crippen molar-refractivity contribution in [1.29, 1.82) is 0 Å². The van der Waals surface area contributed by atoms with E-state index in [0.717, 1.165) is 10.8 Å². The molecule has 1 heterocycles. The molecule has 0 fully saturated rings. The summed E-state index contributed by atoms with van der Waals surface area (Å²) in [6, 6.07) is 13.9. The van der Waals surface area contributed by atoms with E-state index in [1.54, 1.807) is 19.1 Å². The molecule has 0 aliphatic carbocycles. The minimum absolute atomic E-state index is 0.152. The van der Waals surface area contributed by atoms with E-state index in [0.29, 0.717) is 35.5 Å². The number of hydrogen-bond donors (Lipinski definition) is 0. The number of ether oxygens (including phenoxy) is 1. The van der Waals surface area contributed by atoms with Gasteiger partial charge in [-0.2, -0.15) is 0 Å². The summed E-state index contributed by atoms with van der Waals surface area (Å²) in [5.74, 6) is -0.878. The number of ketones is 1. The molecule has 3 rings (SSSR count). The van der Waals surface area contributed by atoms with Crippen molar-refractivity contribution in [3.63, 3.8) is 0 Å². The highest BCUT2D eigenvalue weighted by atomic mass is 19.1. The molecule has 138 valence electrons. The third-order valence-corrected chi connectivity index (χ3v) is 4.26. The molecule has 0 spiro atoms. The molecular weight excluding hydrogens is 345 g/mol. The van der Waals surface area contributed by atoms with Crippen LogP contribution in [-0.4, -0.2) is 23.3 Å². The predicted octanol–water partition coefficient (Wildman–Crippen LogP) is 4.74. The van der Waals surface area contributed by atoms with E-state index in [1.807, 2.05) is 24.3 Å². The van der Waals surface area contributed by atoms with Crippen LogP contribution in [0.5, 0.6) is 0 Å². The second kappa shape index (κ2) is 8.08. The highest BCUT2D eigenvalue weighted by Gasteiger charge is 2.13. The molecule has 0 unspecified atom stereocenters. The number of halogens is 1. The lowest BCUT2D eigenvalue weighted by molar-refractivity contribution is -0.143. The van der Waals surface area contributed by atoms with Gasteiger partial charge in [0, 0.05) is 24.3 Å². The summed E-state index contributed by atoms with van der Waals surface area (Å²) in [5.41, 5.74) is 2.14. The molecule has 0 N–H and O–H groups in total. The van der Waals surface area contributed by atoms with Gasteiger partial charge >= 0.3 is 5.97 Å². The van der Waals surface area contributed by atoms with Crippen molar-refractivity contribution in [2.75, 3.05) is 6.61 Å². The van der Waals surface area contributed by atoms with Crippen molar-refractivity contribution in [2.45, 2.75) is 26.7 Å². The second-order valence-electron chi connectivity index (χ2n) is 6.29. The van der Waals surface area contributed by atoms with Crippen LogP contribution in [0.2, 0.25) is 0 Å². The molecule has 4 nitrogen and oxygen atoms in total. The SMILES string of the molecule is CCOC(=O)CCc1cc(F)cc(-c2nc(C(C)=O)cc3ccccc23)c1. The van der Waals surface area contributed by atoms with E-state index < -0.39 is 5.82 Å². The Morgan fingerprint density at radius 1 is 1.11 bits per heavy atom.